The summed E-state index contributed by atoms with van der Waals surface area (Å²) in [5, 5.41) is 0. The van der Waals surface area contributed by atoms with Gasteiger partial charge in [0.05, 0.1) is 6.61 Å². The van der Waals surface area contributed by atoms with Gasteiger partial charge in [-0.3, -0.25) is 0 Å². The van der Waals surface area contributed by atoms with E-state index in [1.54, 1.807) is 0 Å². The molecule has 1 aliphatic heterocycles. The fraction of sp³-hybridized carbons (Fsp3) is 0.400. The zero-order valence-corrected chi connectivity index (χ0v) is 9.48. The van der Waals surface area contributed by atoms with Crippen LogP contribution in [0.1, 0.15) is 24.4 Å². The van der Waals surface area contributed by atoms with Crippen LogP contribution < -0.4 is 10.5 Å². The monoisotopic (exact) mass is 277 g/mol. The maximum Gasteiger partial charge on any atom is 0.201 e. The molecule has 0 unspecified atom stereocenters. The van der Waals surface area contributed by atoms with E-state index >= 15 is 0 Å². The van der Waals surface area contributed by atoms with Gasteiger partial charge in [-0.15, -0.1) is 0 Å². The smallest absolute Gasteiger partial charge is 0.201 e. The van der Waals surface area contributed by atoms with Crippen molar-refractivity contribution in [3.05, 3.63) is 27.7 Å². The molecule has 2 rings (SSSR count). The first-order valence-corrected chi connectivity index (χ1v) is 5.46. The molecule has 0 amide bonds. The normalized spacial score (nSPS) is 20.4. The van der Waals surface area contributed by atoms with Crippen molar-refractivity contribution in [2.24, 2.45) is 5.73 Å². The third-order valence-electron chi connectivity index (χ3n) is 2.44. The van der Waals surface area contributed by atoms with Crippen molar-refractivity contribution in [2.45, 2.75) is 18.9 Å². The second kappa shape index (κ2) is 4.06. The number of hydrogen-bond acceptors (Lipinski definition) is 2. The Labute approximate surface area is 94.5 Å². The Morgan fingerprint density at radius 1 is 1.47 bits per heavy atom. The predicted octanol–water partition coefficient (Wildman–Crippen LogP) is 2.90. The molecule has 0 aromatic heterocycles. The van der Waals surface area contributed by atoms with E-state index in [4.69, 9.17) is 10.5 Å². The predicted molar refractivity (Wildman–Crippen MR) is 55.7 cm³/mol. The molecule has 82 valence electrons. The SMILES string of the molecule is N[C@H]1CCCOc2c(F)c(F)cc(Br)c21. The molecule has 0 spiro atoms. The summed E-state index contributed by atoms with van der Waals surface area (Å²) < 4.78 is 32.2. The zero-order valence-electron chi connectivity index (χ0n) is 7.90. The molecule has 0 radical (unpaired) electrons. The molecule has 1 aromatic rings. The van der Waals surface area contributed by atoms with E-state index in [9.17, 15) is 8.78 Å². The minimum Gasteiger partial charge on any atom is -0.490 e. The molecule has 0 bridgehead atoms. The van der Waals surface area contributed by atoms with Crippen LogP contribution in [0.4, 0.5) is 8.78 Å². The molecule has 1 heterocycles. The first-order valence-electron chi connectivity index (χ1n) is 4.67. The van der Waals surface area contributed by atoms with Gasteiger partial charge in [0.15, 0.2) is 11.6 Å². The Hall–Kier alpha value is -0.680. The second-order valence-corrected chi connectivity index (χ2v) is 4.35. The molecule has 0 saturated carbocycles. The van der Waals surface area contributed by atoms with Gasteiger partial charge in [-0.25, -0.2) is 4.39 Å². The summed E-state index contributed by atoms with van der Waals surface area (Å²) in [6, 6.07) is 0.773. The highest BCUT2D eigenvalue weighted by Crippen LogP contribution is 2.38. The quantitative estimate of drug-likeness (QED) is 0.740. The number of benzene rings is 1. The van der Waals surface area contributed by atoms with Crippen molar-refractivity contribution < 1.29 is 13.5 Å². The largest absolute Gasteiger partial charge is 0.490 e. The maximum atomic E-state index is 13.4. The third-order valence-corrected chi connectivity index (χ3v) is 3.10. The molecular weight excluding hydrogens is 268 g/mol. The first-order chi connectivity index (χ1) is 7.11. The Kier molecular flexibility index (Phi) is 2.93. The zero-order chi connectivity index (χ0) is 11.0. The van der Waals surface area contributed by atoms with Gasteiger partial charge < -0.3 is 10.5 Å². The number of halogens is 3. The highest BCUT2D eigenvalue weighted by molar-refractivity contribution is 9.10. The number of ether oxygens (including phenoxy) is 1. The first kappa shape index (κ1) is 10.8. The van der Waals surface area contributed by atoms with Crippen LogP contribution in [0.2, 0.25) is 0 Å². The number of hydrogen-bond donors (Lipinski definition) is 1. The molecule has 0 saturated heterocycles. The van der Waals surface area contributed by atoms with E-state index in [1.165, 1.54) is 0 Å². The standard InChI is InChI=1S/C10H10BrF2NO/c11-5-4-6(12)9(13)10-8(5)7(14)2-1-3-15-10/h4,7H,1-3,14H2/t7-/m0/s1. The van der Waals surface area contributed by atoms with Gasteiger partial charge in [-0.05, 0) is 18.9 Å². The second-order valence-electron chi connectivity index (χ2n) is 3.49. The van der Waals surface area contributed by atoms with Gasteiger partial charge in [0.25, 0.3) is 0 Å². The van der Waals surface area contributed by atoms with Crippen molar-refractivity contribution in [2.75, 3.05) is 6.61 Å². The van der Waals surface area contributed by atoms with E-state index in [0.717, 1.165) is 12.5 Å². The summed E-state index contributed by atoms with van der Waals surface area (Å²) in [7, 11) is 0. The molecular formula is C10H10BrF2NO. The van der Waals surface area contributed by atoms with Gasteiger partial charge >= 0.3 is 0 Å². The van der Waals surface area contributed by atoms with E-state index < -0.39 is 11.6 Å². The van der Waals surface area contributed by atoms with E-state index in [0.29, 0.717) is 23.1 Å². The Morgan fingerprint density at radius 3 is 2.93 bits per heavy atom. The van der Waals surface area contributed by atoms with Crippen LogP contribution in [-0.2, 0) is 0 Å². The highest BCUT2D eigenvalue weighted by Gasteiger charge is 2.25. The molecule has 0 aliphatic carbocycles. The Balaban J connectivity index is 2.63. The average molecular weight is 278 g/mol. The van der Waals surface area contributed by atoms with Crippen LogP contribution in [0.5, 0.6) is 5.75 Å². The van der Waals surface area contributed by atoms with Gasteiger partial charge in [0.2, 0.25) is 5.82 Å². The van der Waals surface area contributed by atoms with Crippen molar-refractivity contribution in [3.8, 4) is 5.75 Å². The summed E-state index contributed by atoms with van der Waals surface area (Å²) in [6.45, 7) is 0.369. The fourth-order valence-electron chi connectivity index (χ4n) is 1.70. The van der Waals surface area contributed by atoms with Gasteiger partial charge in [0.1, 0.15) is 0 Å². The lowest BCUT2D eigenvalue weighted by molar-refractivity contribution is 0.295. The molecule has 2 N–H and O–H groups in total. The van der Waals surface area contributed by atoms with Gasteiger partial charge in [-0.1, -0.05) is 15.9 Å². The van der Waals surface area contributed by atoms with E-state index in [2.05, 4.69) is 15.9 Å². The average Bonchev–Trinajstić information content (AvgIpc) is 2.37. The lowest BCUT2D eigenvalue weighted by atomic mass is 10.0. The molecule has 1 atom stereocenters. The molecule has 0 fully saturated rings. The fourth-order valence-corrected chi connectivity index (χ4v) is 2.37. The number of rotatable bonds is 0. The molecule has 1 aliphatic rings. The number of nitrogens with two attached hydrogens (primary N) is 1. The minimum absolute atomic E-state index is 0.0492. The van der Waals surface area contributed by atoms with Gasteiger partial charge in [0, 0.05) is 16.1 Å². The third kappa shape index (κ3) is 1.86. The molecule has 5 heteroatoms. The van der Waals surface area contributed by atoms with Crippen LogP contribution in [0.15, 0.2) is 10.5 Å². The van der Waals surface area contributed by atoms with Crippen molar-refractivity contribution in [3.63, 3.8) is 0 Å². The maximum absolute atomic E-state index is 13.4. The molecule has 2 nitrogen and oxygen atoms in total. The summed E-state index contributed by atoms with van der Waals surface area (Å²) in [4.78, 5) is 0. The van der Waals surface area contributed by atoms with Crippen LogP contribution in [0.3, 0.4) is 0 Å². The summed E-state index contributed by atoms with van der Waals surface area (Å²) in [5.74, 6) is -1.92. The summed E-state index contributed by atoms with van der Waals surface area (Å²) >= 11 is 3.18. The minimum atomic E-state index is -0.953. The van der Waals surface area contributed by atoms with Crippen molar-refractivity contribution in [1.82, 2.24) is 0 Å². The Morgan fingerprint density at radius 2 is 2.20 bits per heavy atom. The van der Waals surface area contributed by atoms with E-state index in [1.807, 2.05) is 0 Å². The van der Waals surface area contributed by atoms with Gasteiger partial charge in [-0.2, -0.15) is 4.39 Å². The van der Waals surface area contributed by atoms with Crippen LogP contribution >= 0.6 is 15.9 Å². The van der Waals surface area contributed by atoms with Crippen molar-refractivity contribution in [1.29, 1.82) is 0 Å². The lowest BCUT2D eigenvalue weighted by Crippen LogP contribution is -2.11. The molecule has 15 heavy (non-hydrogen) atoms. The molecule has 1 aromatic carbocycles. The summed E-state index contributed by atoms with van der Waals surface area (Å²) in [6.07, 6.45) is 1.44. The van der Waals surface area contributed by atoms with E-state index in [-0.39, 0.29) is 11.8 Å². The van der Waals surface area contributed by atoms with Crippen LogP contribution in [-0.4, -0.2) is 6.61 Å². The number of fused-ring (bicyclic) bond motifs is 1. The topological polar surface area (TPSA) is 35.2 Å². The van der Waals surface area contributed by atoms with Crippen LogP contribution in [0, 0.1) is 11.6 Å². The lowest BCUT2D eigenvalue weighted by Gasteiger charge is -2.14. The Bertz CT molecular complexity index is 397. The van der Waals surface area contributed by atoms with Crippen LogP contribution in [0.25, 0.3) is 0 Å². The highest BCUT2D eigenvalue weighted by atomic mass is 79.9. The summed E-state index contributed by atoms with van der Waals surface area (Å²) in [5.41, 5.74) is 6.39. The van der Waals surface area contributed by atoms with Crippen molar-refractivity contribution >= 4 is 15.9 Å².